The van der Waals surface area contributed by atoms with E-state index in [0.29, 0.717) is 13.1 Å². The van der Waals surface area contributed by atoms with E-state index in [0.717, 1.165) is 22.5 Å². The second kappa shape index (κ2) is 19.4. The summed E-state index contributed by atoms with van der Waals surface area (Å²) in [5, 5.41) is 11.0. The average molecular weight is 800 g/mol. The summed E-state index contributed by atoms with van der Waals surface area (Å²) in [7, 11) is -4.79. The molecule has 0 saturated heterocycles. The van der Waals surface area contributed by atoms with Gasteiger partial charge in [0.15, 0.2) is 0 Å². The molecule has 288 valence electrons. The van der Waals surface area contributed by atoms with Crippen LogP contribution in [0, 0.1) is 0 Å². The molecule has 8 aromatic carbocycles. The molecule has 0 bridgehead atoms. The molecule has 0 unspecified atom stereocenters. The van der Waals surface area contributed by atoms with Crippen molar-refractivity contribution in [3.8, 4) is 0 Å². The highest BCUT2D eigenvalue weighted by Crippen LogP contribution is 2.51. The lowest BCUT2D eigenvalue weighted by atomic mass is 10.1. The maximum absolute atomic E-state index is 5.78. The SMILES string of the molecule is C(=C\c1ccccc1N=P(c1ccccc1)(c1ccccc1)c1ccccc1)/CNC/C=C/c1ccccc1N=P(c1ccccc1)(c1ccccc1)c1ccccc1. The van der Waals surface area contributed by atoms with Crippen molar-refractivity contribution in [2.75, 3.05) is 13.1 Å². The quantitative estimate of drug-likeness (QED) is 0.0863. The number of hydrogen-bond donors (Lipinski definition) is 1. The zero-order chi connectivity index (χ0) is 40.0. The van der Waals surface area contributed by atoms with Crippen molar-refractivity contribution in [2.45, 2.75) is 0 Å². The Labute approximate surface area is 349 Å². The van der Waals surface area contributed by atoms with Gasteiger partial charge in [0.25, 0.3) is 0 Å². The number of rotatable bonds is 14. The highest BCUT2D eigenvalue weighted by Gasteiger charge is 2.29. The van der Waals surface area contributed by atoms with Gasteiger partial charge < -0.3 is 5.32 Å². The molecule has 0 atom stereocenters. The highest BCUT2D eigenvalue weighted by atomic mass is 31.2. The normalized spacial score (nSPS) is 11.8. The molecule has 0 aliphatic carbocycles. The summed E-state index contributed by atoms with van der Waals surface area (Å²) in [5.74, 6) is 0. The Morgan fingerprint density at radius 1 is 0.305 bits per heavy atom. The van der Waals surface area contributed by atoms with Gasteiger partial charge >= 0.3 is 0 Å². The standard InChI is InChI=1S/C54H47N3P2/c1-7-29-47(30-8-1)58(48-31-9-2-10-32-48,49-33-11-3-12-34-49)56-53-41-21-19-25-45(53)27-23-43-55-44-24-28-46-26-20-22-42-54(46)57-59(50-35-13-4-14-36-50,51-37-15-5-16-38-51)52-39-17-6-18-40-52/h1-42,55H,43-44H2/b27-23+,28-24+. The number of nitrogens with one attached hydrogen (secondary N) is 1. The van der Waals surface area contributed by atoms with E-state index in [1.807, 2.05) is 0 Å². The molecule has 59 heavy (non-hydrogen) atoms. The van der Waals surface area contributed by atoms with Crippen molar-refractivity contribution in [1.82, 2.24) is 5.32 Å². The summed E-state index contributed by atoms with van der Waals surface area (Å²) in [6.07, 6.45) is 8.77. The molecule has 0 fully saturated rings. The predicted octanol–water partition coefficient (Wildman–Crippen LogP) is 11.6. The molecule has 0 spiro atoms. The summed E-state index contributed by atoms with van der Waals surface area (Å²) in [4.78, 5) is 0. The van der Waals surface area contributed by atoms with Crippen LogP contribution in [0.25, 0.3) is 12.2 Å². The molecule has 0 saturated carbocycles. The fourth-order valence-corrected chi connectivity index (χ4v) is 14.6. The zero-order valence-corrected chi connectivity index (χ0v) is 34.7. The molecule has 8 rings (SSSR count). The zero-order valence-electron chi connectivity index (χ0n) is 33.0. The van der Waals surface area contributed by atoms with E-state index < -0.39 is 14.1 Å². The monoisotopic (exact) mass is 799 g/mol. The van der Waals surface area contributed by atoms with Crippen LogP contribution in [0.1, 0.15) is 11.1 Å². The summed E-state index contributed by atoms with van der Waals surface area (Å²) in [6.45, 7) is 1.43. The van der Waals surface area contributed by atoms with Gasteiger partial charge in [-0.05, 0) is 23.3 Å². The Morgan fingerprint density at radius 2 is 0.542 bits per heavy atom. The molecule has 8 aromatic rings. The van der Waals surface area contributed by atoms with Crippen molar-refractivity contribution in [2.24, 2.45) is 9.49 Å². The van der Waals surface area contributed by atoms with Crippen molar-refractivity contribution < 1.29 is 0 Å². The molecule has 3 nitrogen and oxygen atoms in total. The summed E-state index contributed by atoms with van der Waals surface area (Å²) >= 11 is 0. The summed E-state index contributed by atoms with van der Waals surface area (Å²) in [5.41, 5.74) is 4.15. The van der Waals surface area contributed by atoms with Gasteiger partial charge in [-0.2, -0.15) is 0 Å². The van der Waals surface area contributed by atoms with E-state index in [1.165, 1.54) is 31.8 Å². The first-order valence-electron chi connectivity index (χ1n) is 20.1. The van der Waals surface area contributed by atoms with Gasteiger partial charge in [0.1, 0.15) is 0 Å². The minimum Gasteiger partial charge on any atom is -0.310 e. The van der Waals surface area contributed by atoms with Gasteiger partial charge in [-0.3, -0.25) is 9.49 Å². The maximum Gasteiger partial charge on any atom is 0.0697 e. The van der Waals surface area contributed by atoms with Crippen LogP contribution in [0.4, 0.5) is 11.4 Å². The molecule has 0 heterocycles. The third-order valence-corrected chi connectivity index (χ3v) is 17.6. The third-order valence-electron chi connectivity index (χ3n) is 10.3. The number of hydrogen-bond acceptors (Lipinski definition) is 3. The highest BCUT2D eigenvalue weighted by molar-refractivity contribution is 7.88. The number of benzene rings is 8. The summed E-state index contributed by atoms with van der Waals surface area (Å²) < 4.78 is 11.6. The lowest BCUT2D eigenvalue weighted by Gasteiger charge is -2.27. The largest absolute Gasteiger partial charge is 0.310 e. The van der Waals surface area contributed by atoms with E-state index in [4.69, 9.17) is 9.49 Å². The lowest BCUT2D eigenvalue weighted by Crippen LogP contribution is -2.25. The molecular formula is C54H47N3P2. The Bertz CT molecular complexity index is 2330. The molecule has 0 aliphatic rings. The smallest absolute Gasteiger partial charge is 0.0697 e. The van der Waals surface area contributed by atoms with E-state index in [2.05, 4.69) is 260 Å². The fraction of sp³-hybridized carbons (Fsp3) is 0.0370. The second-order valence-electron chi connectivity index (χ2n) is 14.1. The van der Waals surface area contributed by atoms with Crippen LogP contribution in [-0.2, 0) is 0 Å². The molecule has 0 amide bonds. The Hall–Kier alpha value is -6.34. The topological polar surface area (TPSA) is 36.8 Å². The minimum absolute atomic E-state index is 0.714. The minimum atomic E-state index is -2.40. The van der Waals surface area contributed by atoms with Gasteiger partial charge in [0.2, 0.25) is 0 Å². The Kier molecular flexibility index (Phi) is 13.0. The van der Waals surface area contributed by atoms with E-state index >= 15 is 0 Å². The van der Waals surface area contributed by atoms with Gasteiger partial charge in [0.05, 0.1) is 25.5 Å². The average Bonchev–Trinajstić information content (AvgIpc) is 3.32. The van der Waals surface area contributed by atoms with Crippen molar-refractivity contribution in [1.29, 1.82) is 0 Å². The number of nitrogens with zero attached hydrogens (tertiary/aromatic N) is 2. The van der Waals surface area contributed by atoms with Crippen LogP contribution in [0.5, 0.6) is 0 Å². The summed E-state index contributed by atoms with van der Waals surface area (Å²) in [6, 6.07) is 81.7. The molecule has 0 aromatic heterocycles. The Balaban J connectivity index is 1.06. The molecule has 5 heteroatoms. The van der Waals surface area contributed by atoms with Crippen LogP contribution in [-0.4, -0.2) is 13.1 Å². The van der Waals surface area contributed by atoms with Crippen molar-refractivity contribution >= 4 is 69.5 Å². The third kappa shape index (κ3) is 8.90. The first-order valence-corrected chi connectivity index (χ1v) is 23.6. The maximum atomic E-state index is 5.78. The molecule has 0 radical (unpaired) electrons. The van der Waals surface area contributed by atoms with E-state index in [-0.39, 0.29) is 0 Å². The molecular weight excluding hydrogens is 753 g/mol. The second-order valence-corrected chi connectivity index (χ2v) is 20.1. The molecule has 1 N–H and O–H groups in total. The molecule has 0 aliphatic heterocycles. The van der Waals surface area contributed by atoms with Crippen molar-refractivity contribution in [3.05, 3.63) is 254 Å². The van der Waals surface area contributed by atoms with Crippen molar-refractivity contribution in [3.63, 3.8) is 0 Å². The van der Waals surface area contributed by atoms with Gasteiger partial charge in [-0.1, -0.05) is 243 Å². The predicted molar refractivity (Wildman–Crippen MR) is 258 cm³/mol. The van der Waals surface area contributed by atoms with Gasteiger partial charge in [-0.25, -0.2) is 0 Å². The van der Waals surface area contributed by atoms with E-state index in [1.54, 1.807) is 0 Å². The van der Waals surface area contributed by atoms with Crippen LogP contribution in [0.15, 0.2) is 252 Å². The van der Waals surface area contributed by atoms with Crippen LogP contribution in [0.3, 0.4) is 0 Å². The van der Waals surface area contributed by atoms with Gasteiger partial charge in [0, 0.05) is 44.9 Å². The fourth-order valence-electron chi connectivity index (χ4n) is 7.49. The van der Waals surface area contributed by atoms with Gasteiger partial charge in [-0.15, -0.1) is 0 Å². The lowest BCUT2D eigenvalue weighted by molar-refractivity contribution is 0.847. The first-order chi connectivity index (χ1) is 29.3. The van der Waals surface area contributed by atoms with E-state index in [9.17, 15) is 0 Å². The van der Waals surface area contributed by atoms with Crippen LogP contribution in [0.2, 0.25) is 0 Å². The Morgan fingerprint density at radius 3 is 0.814 bits per heavy atom. The van der Waals surface area contributed by atoms with Crippen LogP contribution < -0.4 is 37.1 Å². The van der Waals surface area contributed by atoms with Crippen LogP contribution >= 0.6 is 14.1 Å². The first kappa shape index (κ1) is 39.5.